The molecule has 1 aromatic rings. The third-order valence-corrected chi connectivity index (χ3v) is 4.62. The molecule has 2 rings (SSSR count). The predicted molar refractivity (Wildman–Crippen MR) is 75.8 cm³/mol. The van der Waals surface area contributed by atoms with Gasteiger partial charge in [-0.05, 0) is 42.9 Å². The van der Waals surface area contributed by atoms with E-state index in [2.05, 4.69) is 34.6 Å². The van der Waals surface area contributed by atoms with Gasteiger partial charge in [0.15, 0.2) is 5.82 Å². The van der Waals surface area contributed by atoms with Crippen LogP contribution in [0.1, 0.15) is 58.2 Å². The average molecular weight is 265 g/mol. The van der Waals surface area contributed by atoms with Crippen molar-refractivity contribution in [2.75, 3.05) is 6.54 Å². The van der Waals surface area contributed by atoms with E-state index in [1.54, 1.807) is 4.80 Å². The molecular formula is C14H27N5. The molecule has 1 unspecified atom stereocenters. The molecule has 1 atom stereocenters. The maximum absolute atomic E-state index is 4.35. The van der Waals surface area contributed by atoms with Crippen molar-refractivity contribution in [3.8, 4) is 0 Å². The number of hydrogen-bond acceptors (Lipinski definition) is 4. The smallest absolute Gasteiger partial charge is 0.176 e. The number of rotatable bonds is 7. The summed E-state index contributed by atoms with van der Waals surface area (Å²) in [5.74, 6) is 0.871. The highest BCUT2D eigenvalue weighted by atomic mass is 15.6. The molecule has 0 bridgehead atoms. The lowest BCUT2D eigenvalue weighted by Crippen LogP contribution is -2.45. The molecule has 19 heavy (non-hydrogen) atoms. The third-order valence-electron chi connectivity index (χ3n) is 4.62. The molecule has 0 radical (unpaired) electrons. The minimum atomic E-state index is 0.439. The first-order chi connectivity index (χ1) is 9.20. The molecule has 0 spiro atoms. The van der Waals surface area contributed by atoms with Crippen molar-refractivity contribution in [2.24, 2.45) is 12.5 Å². The molecule has 0 aromatic carbocycles. The van der Waals surface area contributed by atoms with Crippen LogP contribution >= 0.6 is 0 Å². The van der Waals surface area contributed by atoms with Gasteiger partial charge in [-0.3, -0.25) is 0 Å². The lowest BCUT2D eigenvalue weighted by Gasteiger charge is -2.37. The van der Waals surface area contributed by atoms with E-state index < -0.39 is 0 Å². The summed E-state index contributed by atoms with van der Waals surface area (Å²) in [6.07, 6.45) is 8.73. The molecule has 108 valence electrons. The number of nitrogens with zero attached hydrogens (tertiary/aromatic N) is 4. The van der Waals surface area contributed by atoms with Crippen LogP contribution in [0.3, 0.4) is 0 Å². The molecule has 5 nitrogen and oxygen atoms in total. The maximum Gasteiger partial charge on any atom is 0.176 e. The van der Waals surface area contributed by atoms with E-state index >= 15 is 0 Å². The first kappa shape index (κ1) is 14.4. The van der Waals surface area contributed by atoms with E-state index in [1.807, 2.05) is 7.05 Å². The van der Waals surface area contributed by atoms with Crippen LogP contribution in [0.25, 0.3) is 0 Å². The number of nitrogens with one attached hydrogen (secondary N) is 1. The van der Waals surface area contributed by atoms with Gasteiger partial charge in [0.05, 0.1) is 7.05 Å². The van der Waals surface area contributed by atoms with Crippen LogP contribution < -0.4 is 5.32 Å². The monoisotopic (exact) mass is 265 g/mol. The van der Waals surface area contributed by atoms with Crippen molar-refractivity contribution in [1.29, 1.82) is 0 Å². The molecule has 1 aromatic heterocycles. The highest BCUT2D eigenvalue weighted by Crippen LogP contribution is 2.44. The Morgan fingerprint density at radius 1 is 1.32 bits per heavy atom. The molecular weight excluding hydrogens is 238 g/mol. The summed E-state index contributed by atoms with van der Waals surface area (Å²) in [6, 6.07) is 0.490. The van der Waals surface area contributed by atoms with Crippen LogP contribution in [-0.4, -0.2) is 32.8 Å². The van der Waals surface area contributed by atoms with Gasteiger partial charge in [-0.2, -0.15) is 4.80 Å². The molecule has 1 fully saturated rings. The zero-order valence-corrected chi connectivity index (χ0v) is 12.5. The fraction of sp³-hybridized carbons (Fsp3) is 0.929. The van der Waals surface area contributed by atoms with Crippen LogP contribution in [-0.2, 0) is 13.5 Å². The average Bonchev–Trinajstić information content (AvgIpc) is 3.04. The zero-order valence-electron chi connectivity index (χ0n) is 12.5. The molecule has 1 heterocycles. The fourth-order valence-electron chi connectivity index (χ4n) is 3.44. The van der Waals surface area contributed by atoms with Gasteiger partial charge >= 0.3 is 0 Å². The molecule has 1 saturated carbocycles. The number of hydrogen-bond donors (Lipinski definition) is 1. The summed E-state index contributed by atoms with van der Waals surface area (Å²) in [7, 11) is 1.83. The fourth-order valence-corrected chi connectivity index (χ4v) is 3.44. The van der Waals surface area contributed by atoms with Gasteiger partial charge in [-0.25, -0.2) is 0 Å². The first-order valence-electron chi connectivity index (χ1n) is 7.66. The van der Waals surface area contributed by atoms with Gasteiger partial charge < -0.3 is 5.32 Å². The molecule has 1 aliphatic rings. The number of tetrazole rings is 1. The second-order valence-corrected chi connectivity index (χ2v) is 5.83. The summed E-state index contributed by atoms with van der Waals surface area (Å²) >= 11 is 0. The quantitative estimate of drug-likeness (QED) is 0.820. The largest absolute Gasteiger partial charge is 0.313 e. The van der Waals surface area contributed by atoms with E-state index in [0.717, 1.165) is 18.8 Å². The molecule has 5 heteroatoms. The van der Waals surface area contributed by atoms with E-state index in [0.29, 0.717) is 11.5 Å². The highest BCUT2D eigenvalue weighted by Gasteiger charge is 2.39. The Labute approximate surface area is 116 Å². The van der Waals surface area contributed by atoms with Gasteiger partial charge in [0.1, 0.15) is 0 Å². The minimum absolute atomic E-state index is 0.439. The Morgan fingerprint density at radius 3 is 2.58 bits per heavy atom. The molecule has 1 N–H and O–H groups in total. The maximum atomic E-state index is 4.35. The molecule has 0 aliphatic heterocycles. The lowest BCUT2D eigenvalue weighted by molar-refractivity contribution is 0.182. The van der Waals surface area contributed by atoms with Crippen molar-refractivity contribution in [2.45, 2.75) is 64.8 Å². The summed E-state index contributed by atoms with van der Waals surface area (Å²) in [4.78, 5) is 1.56. The van der Waals surface area contributed by atoms with Crippen LogP contribution in [0.4, 0.5) is 0 Å². The van der Waals surface area contributed by atoms with Crippen molar-refractivity contribution in [3.05, 3.63) is 5.82 Å². The third kappa shape index (κ3) is 3.32. The highest BCUT2D eigenvalue weighted by molar-refractivity contribution is 4.98. The normalized spacial score (nSPS) is 19.7. The predicted octanol–water partition coefficient (Wildman–Crippen LogP) is 2.09. The lowest BCUT2D eigenvalue weighted by atomic mass is 9.74. The Hall–Kier alpha value is -0.970. The van der Waals surface area contributed by atoms with Gasteiger partial charge in [0.2, 0.25) is 0 Å². The van der Waals surface area contributed by atoms with Gasteiger partial charge in [0.25, 0.3) is 0 Å². The van der Waals surface area contributed by atoms with Crippen LogP contribution in [0.2, 0.25) is 0 Å². The topological polar surface area (TPSA) is 55.6 Å². The zero-order chi connectivity index (χ0) is 13.7. The van der Waals surface area contributed by atoms with E-state index in [1.165, 1.54) is 38.5 Å². The Kier molecular flexibility index (Phi) is 4.91. The van der Waals surface area contributed by atoms with Crippen LogP contribution in [0, 0.1) is 5.41 Å². The van der Waals surface area contributed by atoms with E-state index in [4.69, 9.17) is 0 Å². The second kappa shape index (κ2) is 6.46. The summed E-state index contributed by atoms with van der Waals surface area (Å²) in [6.45, 7) is 5.63. The standard InChI is InChI=1S/C14H27N5/c1-4-10-15-12(11-13-16-18-19(3)17-13)14(5-2)8-6-7-9-14/h12,15H,4-11H2,1-3H3. The van der Waals surface area contributed by atoms with E-state index in [9.17, 15) is 0 Å². The van der Waals surface area contributed by atoms with E-state index in [-0.39, 0.29) is 0 Å². The number of aromatic nitrogens is 4. The first-order valence-corrected chi connectivity index (χ1v) is 7.66. The molecule has 0 amide bonds. The second-order valence-electron chi connectivity index (χ2n) is 5.83. The van der Waals surface area contributed by atoms with Gasteiger partial charge in [0, 0.05) is 12.5 Å². The Balaban J connectivity index is 2.10. The Bertz CT molecular complexity index is 381. The van der Waals surface area contributed by atoms with Crippen LogP contribution in [0.15, 0.2) is 0 Å². The van der Waals surface area contributed by atoms with Crippen molar-refractivity contribution < 1.29 is 0 Å². The summed E-state index contributed by atoms with van der Waals surface area (Å²) in [5, 5.41) is 16.2. The van der Waals surface area contributed by atoms with Crippen molar-refractivity contribution in [3.63, 3.8) is 0 Å². The van der Waals surface area contributed by atoms with Crippen LogP contribution in [0.5, 0.6) is 0 Å². The summed E-state index contributed by atoms with van der Waals surface area (Å²) < 4.78 is 0. The minimum Gasteiger partial charge on any atom is -0.313 e. The van der Waals surface area contributed by atoms with Gasteiger partial charge in [-0.15, -0.1) is 10.2 Å². The SMILES string of the molecule is CCCNC(Cc1nnn(C)n1)C1(CC)CCCC1. The van der Waals surface area contributed by atoms with Crippen molar-refractivity contribution in [1.82, 2.24) is 25.5 Å². The Morgan fingerprint density at radius 2 is 2.05 bits per heavy atom. The summed E-state index contributed by atoms with van der Waals surface area (Å²) in [5.41, 5.74) is 0.439. The molecule has 0 saturated heterocycles. The van der Waals surface area contributed by atoms with Crippen molar-refractivity contribution >= 4 is 0 Å². The van der Waals surface area contributed by atoms with Gasteiger partial charge in [-0.1, -0.05) is 26.7 Å². The number of aryl methyl sites for hydroxylation is 1. The molecule has 1 aliphatic carbocycles.